The number of anilines is 3. The van der Waals surface area contributed by atoms with Crippen molar-refractivity contribution in [3.8, 4) is 0 Å². The van der Waals surface area contributed by atoms with Gasteiger partial charge < -0.3 is 20.4 Å². The van der Waals surface area contributed by atoms with Gasteiger partial charge in [-0.15, -0.1) is 0 Å². The lowest BCUT2D eigenvalue weighted by Crippen LogP contribution is -2.41. The Morgan fingerprint density at radius 1 is 0.857 bits per heavy atom. The van der Waals surface area contributed by atoms with Crippen LogP contribution in [0.25, 0.3) is 0 Å². The van der Waals surface area contributed by atoms with Gasteiger partial charge in [-0.2, -0.15) is 9.97 Å². The van der Waals surface area contributed by atoms with E-state index in [9.17, 15) is 0 Å². The van der Waals surface area contributed by atoms with E-state index in [0.29, 0.717) is 11.1 Å². The van der Waals surface area contributed by atoms with Crippen LogP contribution in [0.3, 0.4) is 0 Å². The van der Waals surface area contributed by atoms with Crippen LogP contribution in [0, 0.1) is 0 Å². The van der Waals surface area contributed by atoms with Crippen molar-refractivity contribution in [3.63, 3.8) is 0 Å². The Morgan fingerprint density at radius 2 is 1.46 bits per heavy atom. The number of thiocarbonyl (C=S) groups is 1. The number of aromatic nitrogens is 2. The quantitative estimate of drug-likeness (QED) is 0.466. The molecule has 0 amide bonds. The number of benzene rings is 1. The number of hydrogen-bond donors (Lipinski definition) is 2. The van der Waals surface area contributed by atoms with E-state index >= 15 is 0 Å². The molecule has 3 heterocycles. The lowest BCUT2D eigenvalue weighted by molar-refractivity contribution is 0.435. The molecule has 8 heteroatoms. The summed E-state index contributed by atoms with van der Waals surface area (Å²) in [6.45, 7) is 5.01. The van der Waals surface area contributed by atoms with Crippen molar-refractivity contribution in [2.45, 2.75) is 69.6 Å². The first kappa shape index (κ1) is 24.6. The topological polar surface area (TPSA) is 56.3 Å². The summed E-state index contributed by atoms with van der Waals surface area (Å²) >= 11 is 12.1. The minimum absolute atomic E-state index is 0.0616. The molecule has 1 aromatic carbocycles. The van der Waals surface area contributed by atoms with Gasteiger partial charge >= 0.3 is 0 Å². The van der Waals surface area contributed by atoms with E-state index in [4.69, 9.17) is 33.8 Å². The Labute approximate surface area is 219 Å². The van der Waals surface area contributed by atoms with Crippen molar-refractivity contribution >= 4 is 46.5 Å². The maximum Gasteiger partial charge on any atom is 0.232 e. The Morgan fingerprint density at radius 3 is 2.06 bits per heavy atom. The Bertz CT molecular complexity index is 1010. The van der Waals surface area contributed by atoms with Crippen LogP contribution in [-0.2, 0) is 5.41 Å². The lowest BCUT2D eigenvalue weighted by atomic mass is 9.79. The third-order valence-corrected chi connectivity index (χ3v) is 8.35. The van der Waals surface area contributed by atoms with Crippen LogP contribution in [0.4, 0.5) is 17.6 Å². The van der Waals surface area contributed by atoms with Crippen LogP contribution < -0.4 is 20.4 Å². The maximum absolute atomic E-state index is 6.33. The molecule has 35 heavy (non-hydrogen) atoms. The molecule has 2 saturated heterocycles. The average molecular weight is 513 g/mol. The van der Waals surface area contributed by atoms with Gasteiger partial charge in [-0.05, 0) is 68.4 Å². The van der Waals surface area contributed by atoms with Gasteiger partial charge in [0, 0.05) is 49.2 Å². The number of rotatable bonds is 6. The van der Waals surface area contributed by atoms with Gasteiger partial charge in [0.2, 0.25) is 5.95 Å². The number of halogens is 1. The molecule has 5 rings (SSSR count). The van der Waals surface area contributed by atoms with Gasteiger partial charge in [-0.1, -0.05) is 49.4 Å². The van der Waals surface area contributed by atoms with Crippen molar-refractivity contribution in [2.24, 2.45) is 0 Å². The monoisotopic (exact) mass is 512 g/mol. The van der Waals surface area contributed by atoms with Crippen molar-refractivity contribution < 1.29 is 0 Å². The highest BCUT2D eigenvalue weighted by Gasteiger charge is 2.35. The molecular weight excluding hydrogens is 476 g/mol. The second-order valence-electron chi connectivity index (χ2n) is 10.3. The van der Waals surface area contributed by atoms with Crippen molar-refractivity contribution in [1.29, 1.82) is 0 Å². The molecule has 0 radical (unpaired) electrons. The summed E-state index contributed by atoms with van der Waals surface area (Å²) < 4.78 is 0. The summed E-state index contributed by atoms with van der Waals surface area (Å²) in [5.74, 6) is 2.61. The summed E-state index contributed by atoms with van der Waals surface area (Å²) in [7, 11) is 0. The number of nitrogens with zero attached hydrogens (tertiary/aromatic N) is 4. The molecule has 0 spiro atoms. The smallest absolute Gasteiger partial charge is 0.232 e. The van der Waals surface area contributed by atoms with Gasteiger partial charge in [0.1, 0.15) is 11.6 Å². The van der Waals surface area contributed by atoms with Crippen LogP contribution in [0.1, 0.15) is 69.8 Å². The molecule has 6 nitrogen and oxygen atoms in total. The Kier molecular flexibility index (Phi) is 7.93. The third kappa shape index (κ3) is 6.00. The third-order valence-electron chi connectivity index (χ3n) is 7.87. The predicted octanol–water partition coefficient (Wildman–Crippen LogP) is 5.91. The molecule has 1 saturated carbocycles. The second-order valence-corrected chi connectivity index (χ2v) is 11.2. The fourth-order valence-corrected chi connectivity index (χ4v) is 6.23. The van der Waals surface area contributed by atoms with Gasteiger partial charge in [-0.25, -0.2) is 0 Å². The predicted molar refractivity (Wildman–Crippen MR) is 150 cm³/mol. The molecule has 0 bridgehead atoms. The highest BCUT2D eigenvalue weighted by molar-refractivity contribution is 7.80. The molecule has 3 aliphatic rings. The second kappa shape index (κ2) is 11.3. The largest absolute Gasteiger partial charge is 0.361 e. The fraction of sp³-hybridized carbons (Fsp3) is 0.593. The minimum Gasteiger partial charge on any atom is -0.361 e. The van der Waals surface area contributed by atoms with Crippen LogP contribution in [0.5, 0.6) is 0 Å². The summed E-state index contributed by atoms with van der Waals surface area (Å²) in [5.41, 5.74) is 1.36. The molecule has 0 unspecified atom stereocenters. The summed E-state index contributed by atoms with van der Waals surface area (Å²) in [5, 5.41) is 8.20. The zero-order valence-corrected chi connectivity index (χ0v) is 22.1. The van der Waals surface area contributed by atoms with E-state index in [1.54, 1.807) is 0 Å². The minimum atomic E-state index is 0.0616. The first-order chi connectivity index (χ1) is 17.1. The number of nitrogens with one attached hydrogen (secondary N) is 2. The van der Waals surface area contributed by atoms with E-state index in [1.807, 2.05) is 6.07 Å². The molecule has 2 aliphatic heterocycles. The van der Waals surface area contributed by atoms with Crippen LogP contribution >= 0.6 is 23.8 Å². The van der Waals surface area contributed by atoms with E-state index in [1.165, 1.54) is 56.9 Å². The van der Waals surface area contributed by atoms with Crippen LogP contribution in [-0.4, -0.2) is 47.8 Å². The molecule has 0 atom stereocenters. The summed E-state index contributed by atoms with van der Waals surface area (Å²) in [6.07, 6.45) is 12.2. The standard InChI is InChI=1S/C27H37ClN6S/c28-22-11-9-10-21(18-22)27(12-3-4-13-27)20-29-26(35)32-25-30-23(33-14-5-1-2-6-15-33)19-24(31-25)34-16-7-8-17-34/h9-11,18-19H,1-8,12-17,20H2,(H2,29,30,31,32,35). The van der Waals surface area contributed by atoms with Gasteiger partial charge in [0.25, 0.3) is 0 Å². The molecule has 3 fully saturated rings. The fourth-order valence-electron chi connectivity index (χ4n) is 5.88. The SMILES string of the molecule is S=C(NCC1(c2cccc(Cl)c2)CCCC1)Nc1nc(N2CCCCCC2)cc(N2CCCC2)n1. The lowest BCUT2D eigenvalue weighted by Gasteiger charge is -2.31. The summed E-state index contributed by atoms with van der Waals surface area (Å²) in [4.78, 5) is 14.6. The van der Waals surface area contributed by atoms with E-state index in [2.05, 4.69) is 44.7 Å². The summed E-state index contributed by atoms with van der Waals surface area (Å²) in [6, 6.07) is 10.5. The maximum atomic E-state index is 6.33. The van der Waals surface area contributed by atoms with Gasteiger partial charge in [0.15, 0.2) is 5.11 Å². The average Bonchev–Trinajstić information content (AvgIpc) is 3.51. The van der Waals surface area contributed by atoms with Crippen molar-refractivity contribution in [2.75, 3.05) is 47.8 Å². The molecule has 2 N–H and O–H groups in total. The first-order valence-corrected chi connectivity index (χ1v) is 14.1. The zero-order chi connectivity index (χ0) is 24.1. The molecule has 2 aromatic rings. The highest BCUT2D eigenvalue weighted by Crippen LogP contribution is 2.41. The molecule has 1 aromatic heterocycles. The Balaban J connectivity index is 1.31. The van der Waals surface area contributed by atoms with E-state index in [0.717, 1.165) is 62.2 Å². The van der Waals surface area contributed by atoms with Crippen LogP contribution in [0.2, 0.25) is 5.02 Å². The zero-order valence-electron chi connectivity index (χ0n) is 20.6. The number of hydrogen-bond acceptors (Lipinski definition) is 5. The molecule has 188 valence electrons. The first-order valence-electron chi connectivity index (χ1n) is 13.3. The van der Waals surface area contributed by atoms with Crippen LogP contribution in [0.15, 0.2) is 30.3 Å². The molecular formula is C27H37ClN6S. The van der Waals surface area contributed by atoms with Gasteiger partial charge in [-0.3, -0.25) is 0 Å². The van der Waals surface area contributed by atoms with E-state index < -0.39 is 0 Å². The normalized spacial score (nSPS) is 20.0. The van der Waals surface area contributed by atoms with E-state index in [-0.39, 0.29) is 5.41 Å². The van der Waals surface area contributed by atoms with Crippen molar-refractivity contribution in [3.05, 3.63) is 40.9 Å². The van der Waals surface area contributed by atoms with Gasteiger partial charge in [0.05, 0.1) is 0 Å². The van der Waals surface area contributed by atoms with Crippen molar-refractivity contribution in [1.82, 2.24) is 15.3 Å². The Hall–Kier alpha value is -2.12. The molecule has 1 aliphatic carbocycles. The highest BCUT2D eigenvalue weighted by atomic mass is 35.5.